The first-order chi connectivity index (χ1) is 11.7. The largest absolute Gasteiger partial charge is 0.465 e. The van der Waals surface area contributed by atoms with Crippen LogP contribution in [-0.2, 0) is 14.3 Å². The molecule has 1 atom stereocenters. The zero-order valence-electron chi connectivity index (χ0n) is 13.6. The number of alkyl halides is 3. The van der Waals surface area contributed by atoms with Gasteiger partial charge in [0.15, 0.2) is 0 Å². The van der Waals surface area contributed by atoms with E-state index in [4.69, 9.17) is 39.5 Å². The molecule has 0 N–H and O–H groups in total. The van der Waals surface area contributed by atoms with Gasteiger partial charge < -0.3 is 9.64 Å². The van der Waals surface area contributed by atoms with Crippen LogP contribution < -0.4 is 0 Å². The number of hydrogen-bond acceptors (Lipinski definition) is 4. The van der Waals surface area contributed by atoms with Crippen molar-refractivity contribution >= 4 is 52.1 Å². The molecule has 132 valence electrons. The predicted octanol–water partition coefficient (Wildman–Crippen LogP) is 3.94. The molecule has 2 rings (SSSR count). The zero-order chi connectivity index (χ0) is 18.8. The Hall–Kier alpha value is -1.75. The summed E-state index contributed by atoms with van der Waals surface area (Å²) in [6.45, 7) is 4.09. The van der Waals surface area contributed by atoms with Crippen LogP contribution in [-0.4, -0.2) is 40.6 Å². The Morgan fingerprint density at radius 1 is 1.20 bits per heavy atom. The lowest BCUT2D eigenvalue weighted by Gasteiger charge is -2.34. The Morgan fingerprint density at radius 2 is 1.80 bits per heavy atom. The molecule has 0 fully saturated rings. The summed E-state index contributed by atoms with van der Waals surface area (Å²) < 4.78 is 2.57. The minimum atomic E-state index is -2.15. The smallest absolute Gasteiger partial charge is 0.339 e. The fourth-order valence-electron chi connectivity index (χ4n) is 2.62. The van der Waals surface area contributed by atoms with Crippen LogP contribution >= 0.6 is 34.8 Å². The highest BCUT2D eigenvalue weighted by atomic mass is 35.6. The Morgan fingerprint density at radius 3 is 2.32 bits per heavy atom. The second-order valence-electron chi connectivity index (χ2n) is 5.46. The van der Waals surface area contributed by atoms with Crippen molar-refractivity contribution in [3.05, 3.63) is 65.9 Å². The lowest BCUT2D eigenvalue weighted by Crippen LogP contribution is -2.39. The van der Waals surface area contributed by atoms with Crippen molar-refractivity contribution < 1.29 is 14.3 Å². The van der Waals surface area contributed by atoms with Gasteiger partial charge in [-0.2, -0.15) is 0 Å². The second-order valence-corrected chi connectivity index (χ2v) is 7.74. The number of halogens is 3. The number of likely N-dealkylation sites (N-methyl/N-ethyl adjacent to an activating group) is 1. The first-order valence-corrected chi connectivity index (χ1v) is 8.39. The van der Waals surface area contributed by atoms with E-state index in [-0.39, 0.29) is 11.1 Å². The van der Waals surface area contributed by atoms with Crippen molar-refractivity contribution in [3.8, 4) is 0 Å². The summed E-state index contributed by atoms with van der Waals surface area (Å²) >= 11 is 17.4. The number of rotatable bonds is 4. The molecule has 0 aromatic heterocycles. The number of ether oxygens (including phenoxy) is 1. The Balaban J connectivity index is 2.53. The van der Waals surface area contributed by atoms with Gasteiger partial charge in [-0.05, 0) is 17.2 Å². The van der Waals surface area contributed by atoms with Crippen LogP contribution in [0, 0.1) is 0 Å². The van der Waals surface area contributed by atoms with Gasteiger partial charge in [-0.3, -0.25) is 4.79 Å². The molecule has 1 heterocycles. The fourth-order valence-corrected chi connectivity index (χ4v) is 2.95. The van der Waals surface area contributed by atoms with E-state index < -0.39 is 21.6 Å². The molecule has 1 aliphatic rings. The highest BCUT2D eigenvalue weighted by Crippen LogP contribution is 2.37. The molecule has 0 amide bonds. The third kappa shape index (κ3) is 4.27. The van der Waals surface area contributed by atoms with Gasteiger partial charge >= 0.3 is 5.97 Å². The molecule has 0 saturated carbocycles. The maximum atomic E-state index is 12.7. The lowest BCUT2D eigenvalue weighted by atomic mass is 9.88. The molecule has 0 bridgehead atoms. The monoisotopic (exact) mass is 399 g/mol. The summed E-state index contributed by atoms with van der Waals surface area (Å²) in [6, 6.07) is 8.75. The summed E-state index contributed by atoms with van der Waals surface area (Å²) in [7, 11) is 2.96. The SMILES string of the molecule is C=C(c1ccccc1)C1C(C(=O)C(Cl)(Cl)Cl)=CC(C(=O)OC)=CN1C. The number of nitrogens with zero attached hydrogens (tertiary/aromatic N) is 1. The molecule has 0 spiro atoms. The number of carbonyl (C=O) groups excluding carboxylic acids is 2. The first-order valence-electron chi connectivity index (χ1n) is 7.26. The average Bonchev–Trinajstić information content (AvgIpc) is 2.59. The van der Waals surface area contributed by atoms with Gasteiger partial charge in [0.2, 0.25) is 5.78 Å². The van der Waals surface area contributed by atoms with Crippen molar-refractivity contribution in [2.75, 3.05) is 14.2 Å². The molecular formula is C18H16Cl3NO3. The fraction of sp³-hybridized carbons (Fsp3) is 0.222. The Labute approximate surface area is 161 Å². The van der Waals surface area contributed by atoms with Gasteiger partial charge in [0.1, 0.15) is 0 Å². The standard InChI is InChI=1S/C18H16Cl3NO3/c1-11(12-7-5-4-6-8-12)15-14(16(23)18(19,20)21)9-13(10-22(15)2)17(24)25-3/h4-10,15H,1H2,2-3H3. The van der Waals surface area contributed by atoms with Crippen molar-refractivity contribution in [3.63, 3.8) is 0 Å². The molecule has 1 aromatic rings. The maximum Gasteiger partial charge on any atom is 0.339 e. The first kappa shape index (κ1) is 19.6. The van der Waals surface area contributed by atoms with E-state index in [1.807, 2.05) is 30.3 Å². The highest BCUT2D eigenvalue weighted by Gasteiger charge is 2.40. The van der Waals surface area contributed by atoms with Crippen molar-refractivity contribution in [1.29, 1.82) is 0 Å². The number of ketones is 1. The Bertz CT molecular complexity index is 764. The minimum Gasteiger partial charge on any atom is -0.465 e. The normalized spacial score (nSPS) is 17.5. The van der Waals surface area contributed by atoms with Crippen LogP contribution in [0.15, 0.2) is 60.3 Å². The van der Waals surface area contributed by atoms with Gasteiger partial charge in [0, 0.05) is 18.8 Å². The van der Waals surface area contributed by atoms with Crippen molar-refractivity contribution in [1.82, 2.24) is 4.90 Å². The number of hydrogen-bond donors (Lipinski definition) is 0. The summed E-state index contributed by atoms with van der Waals surface area (Å²) in [4.78, 5) is 26.2. The highest BCUT2D eigenvalue weighted by molar-refractivity contribution is 6.77. The van der Waals surface area contributed by atoms with E-state index in [1.165, 1.54) is 13.2 Å². The molecule has 1 aliphatic heterocycles. The summed E-state index contributed by atoms with van der Waals surface area (Å²) in [5.41, 5.74) is 1.80. The van der Waals surface area contributed by atoms with Crippen LogP contribution in [0.25, 0.3) is 5.57 Å². The van der Waals surface area contributed by atoms with Crippen LogP contribution in [0.2, 0.25) is 0 Å². The van der Waals surface area contributed by atoms with Crippen LogP contribution in [0.5, 0.6) is 0 Å². The summed E-state index contributed by atoms with van der Waals surface area (Å²) in [5.74, 6) is -1.31. The summed E-state index contributed by atoms with van der Waals surface area (Å²) in [5, 5.41) is 0. The van der Waals surface area contributed by atoms with Crippen molar-refractivity contribution in [2.45, 2.75) is 9.83 Å². The van der Waals surface area contributed by atoms with Gasteiger partial charge in [-0.25, -0.2) is 4.79 Å². The molecule has 7 heteroatoms. The van der Waals surface area contributed by atoms with Crippen LogP contribution in [0.1, 0.15) is 5.56 Å². The maximum absolute atomic E-state index is 12.7. The molecule has 0 saturated heterocycles. The van der Waals surface area contributed by atoms with E-state index >= 15 is 0 Å². The third-order valence-electron chi connectivity index (χ3n) is 3.77. The van der Waals surface area contributed by atoms with Gasteiger partial charge in [0.05, 0.1) is 18.7 Å². The van der Waals surface area contributed by atoms with Crippen LogP contribution in [0.3, 0.4) is 0 Å². The number of carbonyl (C=O) groups is 2. The number of Topliss-reactive ketones (excluding diaryl/α,β-unsaturated/α-hetero) is 1. The van der Waals surface area contributed by atoms with E-state index in [0.717, 1.165) is 5.56 Å². The van der Waals surface area contributed by atoms with E-state index in [1.54, 1.807) is 18.1 Å². The van der Waals surface area contributed by atoms with Crippen LogP contribution in [0.4, 0.5) is 0 Å². The topological polar surface area (TPSA) is 46.6 Å². The quantitative estimate of drug-likeness (QED) is 0.567. The van der Waals surface area contributed by atoms with Crippen molar-refractivity contribution in [2.24, 2.45) is 0 Å². The van der Waals surface area contributed by atoms with Gasteiger partial charge in [0.25, 0.3) is 3.79 Å². The molecule has 25 heavy (non-hydrogen) atoms. The minimum absolute atomic E-state index is 0.152. The average molecular weight is 401 g/mol. The second kappa shape index (κ2) is 7.65. The van der Waals surface area contributed by atoms with Gasteiger partial charge in [-0.15, -0.1) is 0 Å². The molecular weight excluding hydrogens is 385 g/mol. The molecule has 4 nitrogen and oxygen atoms in total. The molecule has 0 aliphatic carbocycles. The lowest BCUT2D eigenvalue weighted by molar-refractivity contribution is -0.135. The number of esters is 1. The van der Waals surface area contributed by atoms with E-state index in [9.17, 15) is 9.59 Å². The predicted molar refractivity (Wildman–Crippen MR) is 101 cm³/mol. The molecule has 1 unspecified atom stereocenters. The van der Waals surface area contributed by atoms with E-state index in [0.29, 0.717) is 5.57 Å². The molecule has 0 radical (unpaired) electrons. The van der Waals surface area contributed by atoms with Gasteiger partial charge in [-0.1, -0.05) is 71.7 Å². The van der Waals surface area contributed by atoms with E-state index in [2.05, 4.69) is 6.58 Å². The number of methoxy groups -OCH3 is 1. The summed E-state index contributed by atoms with van der Waals surface area (Å²) in [6.07, 6.45) is 2.95. The Kier molecular flexibility index (Phi) is 5.99. The number of benzene rings is 1. The molecule has 1 aromatic carbocycles. The zero-order valence-corrected chi connectivity index (χ0v) is 15.9. The third-order valence-corrected chi connectivity index (χ3v) is 4.29.